The molecule has 0 bridgehead atoms. The number of halogens is 2. The van der Waals surface area contributed by atoms with Crippen LogP contribution >= 0.6 is 23.2 Å². The highest BCUT2D eigenvalue weighted by atomic mass is 35.5. The number of ether oxygens (including phenoxy) is 2. The lowest BCUT2D eigenvalue weighted by molar-refractivity contribution is -0.123. The Kier molecular flexibility index (Phi) is 11.3. The van der Waals surface area contributed by atoms with E-state index in [1.807, 2.05) is 54.6 Å². The summed E-state index contributed by atoms with van der Waals surface area (Å²) in [6.45, 7) is 2.46. The summed E-state index contributed by atoms with van der Waals surface area (Å²) in [6.07, 6.45) is 5.68. The van der Waals surface area contributed by atoms with E-state index in [0.717, 1.165) is 52.6 Å². The predicted molar refractivity (Wildman–Crippen MR) is 192 cm³/mol. The van der Waals surface area contributed by atoms with Gasteiger partial charge < -0.3 is 30.7 Å². The van der Waals surface area contributed by atoms with Crippen molar-refractivity contribution >= 4 is 35.0 Å². The van der Waals surface area contributed by atoms with Gasteiger partial charge in [-0.15, -0.1) is 0 Å². The van der Waals surface area contributed by atoms with Crippen LogP contribution in [0.15, 0.2) is 60.8 Å². The van der Waals surface area contributed by atoms with E-state index in [1.54, 1.807) is 20.4 Å². The second-order valence-corrected chi connectivity index (χ2v) is 13.1. The minimum absolute atomic E-state index is 0.0985. The Bertz CT molecular complexity index is 1840. The minimum atomic E-state index is 0.0985. The van der Waals surface area contributed by atoms with E-state index in [1.165, 1.54) is 0 Å². The lowest BCUT2D eigenvalue weighted by atomic mass is 9.98. The number of carbonyl (C=O) groups excluding carboxylic acids is 2. The van der Waals surface area contributed by atoms with Crippen LogP contribution in [0.2, 0.25) is 10.0 Å². The molecule has 4 heterocycles. The van der Waals surface area contributed by atoms with Gasteiger partial charge in [-0.25, -0.2) is 4.98 Å². The summed E-state index contributed by atoms with van der Waals surface area (Å²) in [5.41, 5.74) is 6.17. The van der Waals surface area contributed by atoms with Crippen molar-refractivity contribution < 1.29 is 19.1 Å². The van der Waals surface area contributed by atoms with Crippen molar-refractivity contribution in [3.8, 4) is 45.3 Å². The van der Waals surface area contributed by atoms with Crippen LogP contribution in [0, 0.1) is 0 Å². The topological polar surface area (TPSA) is 126 Å². The molecule has 12 heteroatoms. The Labute approximate surface area is 296 Å². The molecule has 2 atom stereocenters. The first-order valence-corrected chi connectivity index (χ1v) is 17.2. The summed E-state index contributed by atoms with van der Waals surface area (Å²) in [5, 5.41) is 13.8. The number of amides is 2. The van der Waals surface area contributed by atoms with Gasteiger partial charge in [0.2, 0.25) is 17.7 Å². The third-order valence-electron chi connectivity index (χ3n) is 8.95. The summed E-state index contributed by atoms with van der Waals surface area (Å²) in [4.78, 5) is 32.8. The Hall–Kier alpha value is -4.22. The molecule has 4 aromatic rings. The molecular formula is C37H40Cl2N6O4. The number of methoxy groups -OCH3 is 2. The fraction of sp³-hybridized carbons (Fsp3) is 0.351. The number of hydrogen-bond donors (Lipinski definition) is 4. The van der Waals surface area contributed by atoms with E-state index in [9.17, 15) is 9.59 Å². The molecule has 2 saturated heterocycles. The monoisotopic (exact) mass is 702 g/mol. The van der Waals surface area contributed by atoms with Crippen LogP contribution in [0.4, 0.5) is 0 Å². The van der Waals surface area contributed by atoms with Gasteiger partial charge in [-0.1, -0.05) is 65.7 Å². The fourth-order valence-electron chi connectivity index (χ4n) is 6.37. The molecule has 10 nitrogen and oxygen atoms in total. The van der Waals surface area contributed by atoms with Crippen LogP contribution < -0.4 is 30.7 Å². The molecule has 49 heavy (non-hydrogen) atoms. The first-order valence-electron chi connectivity index (χ1n) is 16.5. The first kappa shape index (κ1) is 34.6. The largest absolute Gasteiger partial charge is 0.496 e. The number of pyridine rings is 2. The number of nitrogens with one attached hydrogen (secondary N) is 4. The minimum Gasteiger partial charge on any atom is -0.496 e. The number of nitrogens with zero attached hydrogens (tertiary/aromatic N) is 2. The average molecular weight is 704 g/mol. The second-order valence-electron chi connectivity index (χ2n) is 12.3. The van der Waals surface area contributed by atoms with E-state index < -0.39 is 0 Å². The third kappa shape index (κ3) is 8.16. The number of carbonyl (C=O) groups is 2. The number of benzene rings is 2. The van der Waals surface area contributed by atoms with Gasteiger partial charge in [0.05, 0.1) is 35.7 Å². The van der Waals surface area contributed by atoms with Gasteiger partial charge in [0.25, 0.3) is 0 Å². The van der Waals surface area contributed by atoms with Crippen LogP contribution in [-0.4, -0.2) is 61.2 Å². The van der Waals surface area contributed by atoms with Gasteiger partial charge in [0.15, 0.2) is 0 Å². The SMILES string of the molecule is COc1cc(-c2cccc(-c3cccc(-c4ccc(CNC[C@@H]5CCC(=O)N5)c(OC)n4)c3Cl)c2Cl)ncc1CNC[C@@H]1CCCC(=O)N1. The highest BCUT2D eigenvalue weighted by molar-refractivity contribution is 6.39. The lowest BCUT2D eigenvalue weighted by Crippen LogP contribution is -2.44. The lowest BCUT2D eigenvalue weighted by Gasteiger charge is -2.23. The zero-order valence-corrected chi connectivity index (χ0v) is 29.1. The molecule has 0 spiro atoms. The summed E-state index contributed by atoms with van der Waals surface area (Å²) in [6, 6.07) is 17.6. The first-order chi connectivity index (χ1) is 23.8. The van der Waals surface area contributed by atoms with Gasteiger partial charge in [-0.05, 0) is 25.3 Å². The molecule has 256 valence electrons. The van der Waals surface area contributed by atoms with Gasteiger partial charge in [0, 0.05) is 96.7 Å². The van der Waals surface area contributed by atoms with E-state index in [2.05, 4.69) is 21.3 Å². The standard InChI is InChI=1S/C37H40Cl2N6O4/c1-48-32-16-31(42-19-23(32)18-41-20-24-6-3-11-33(46)43-24)29-10-5-8-27(36(29)39)26-7-4-9-28(35(26)38)30-14-12-22(37(45-30)49-2)17-40-21-25-13-15-34(47)44-25/h4-5,7-10,12,14,16,19,24-25,40-41H,3,6,11,13,15,17-18,20-21H2,1-2H3,(H,43,46)(H,44,47)/t24-,25-/m0/s1. The van der Waals surface area contributed by atoms with E-state index in [-0.39, 0.29) is 23.9 Å². The maximum absolute atomic E-state index is 11.7. The van der Waals surface area contributed by atoms with E-state index in [0.29, 0.717) is 72.1 Å². The Morgan fingerprint density at radius 3 is 1.98 bits per heavy atom. The molecular weight excluding hydrogens is 663 g/mol. The fourth-order valence-corrected chi connectivity index (χ4v) is 7.02. The molecule has 6 rings (SSSR count). The normalized spacial score (nSPS) is 17.5. The van der Waals surface area contributed by atoms with Crippen molar-refractivity contribution in [1.29, 1.82) is 0 Å². The van der Waals surface area contributed by atoms with Crippen LogP contribution in [0.1, 0.15) is 43.2 Å². The average Bonchev–Trinajstić information content (AvgIpc) is 3.53. The maximum atomic E-state index is 11.7. The molecule has 2 aromatic heterocycles. The van der Waals surface area contributed by atoms with Crippen molar-refractivity contribution in [1.82, 2.24) is 31.2 Å². The molecule has 2 aromatic carbocycles. The van der Waals surface area contributed by atoms with E-state index in [4.69, 9.17) is 42.6 Å². The summed E-state index contributed by atoms with van der Waals surface area (Å²) < 4.78 is 11.4. The molecule has 0 radical (unpaired) electrons. The molecule has 4 N–H and O–H groups in total. The van der Waals surface area contributed by atoms with Crippen molar-refractivity contribution in [2.24, 2.45) is 0 Å². The number of hydrogen-bond acceptors (Lipinski definition) is 8. The highest BCUT2D eigenvalue weighted by Crippen LogP contribution is 2.42. The van der Waals surface area contributed by atoms with Crippen molar-refractivity contribution in [3.63, 3.8) is 0 Å². The van der Waals surface area contributed by atoms with Gasteiger partial charge >= 0.3 is 0 Å². The van der Waals surface area contributed by atoms with Gasteiger partial charge in [-0.3, -0.25) is 14.6 Å². The highest BCUT2D eigenvalue weighted by Gasteiger charge is 2.22. The Morgan fingerprint density at radius 1 is 0.755 bits per heavy atom. The van der Waals surface area contributed by atoms with Crippen LogP contribution in [-0.2, 0) is 22.7 Å². The number of aromatic nitrogens is 2. The molecule has 0 aliphatic carbocycles. The molecule has 2 aliphatic rings. The summed E-state index contributed by atoms with van der Waals surface area (Å²) >= 11 is 14.2. The van der Waals surface area contributed by atoms with Crippen molar-refractivity contribution in [3.05, 3.63) is 82.0 Å². The third-order valence-corrected chi connectivity index (χ3v) is 9.77. The Balaban J connectivity index is 1.19. The molecule has 0 unspecified atom stereocenters. The zero-order valence-electron chi connectivity index (χ0n) is 27.6. The second kappa shape index (κ2) is 16.0. The predicted octanol–water partition coefficient (Wildman–Crippen LogP) is 5.93. The molecule has 2 fully saturated rings. The van der Waals surface area contributed by atoms with Gasteiger partial charge in [0.1, 0.15) is 5.75 Å². The van der Waals surface area contributed by atoms with Crippen LogP contribution in [0.3, 0.4) is 0 Å². The quantitative estimate of drug-likeness (QED) is 0.135. The van der Waals surface area contributed by atoms with Gasteiger partial charge in [-0.2, -0.15) is 0 Å². The zero-order chi connectivity index (χ0) is 34.3. The number of rotatable bonds is 13. The van der Waals surface area contributed by atoms with Crippen molar-refractivity contribution in [2.45, 2.75) is 57.3 Å². The molecule has 0 saturated carbocycles. The smallest absolute Gasteiger partial charge is 0.220 e. The van der Waals surface area contributed by atoms with Crippen LogP contribution in [0.5, 0.6) is 11.6 Å². The summed E-state index contributed by atoms with van der Waals surface area (Å²) in [5.74, 6) is 1.40. The van der Waals surface area contributed by atoms with Crippen molar-refractivity contribution in [2.75, 3.05) is 27.3 Å². The molecule has 2 aliphatic heterocycles. The number of piperidine rings is 1. The van der Waals surface area contributed by atoms with E-state index >= 15 is 0 Å². The summed E-state index contributed by atoms with van der Waals surface area (Å²) in [7, 11) is 3.23. The van der Waals surface area contributed by atoms with Crippen LogP contribution in [0.25, 0.3) is 33.6 Å². The Morgan fingerprint density at radius 2 is 1.37 bits per heavy atom. The maximum Gasteiger partial charge on any atom is 0.220 e. The molecule has 2 amide bonds.